The number of halogens is 4. The van der Waals surface area contributed by atoms with Crippen molar-refractivity contribution in [2.24, 2.45) is 10.9 Å². The van der Waals surface area contributed by atoms with Crippen LogP contribution in [0.25, 0.3) is 0 Å². The molecule has 29 heavy (non-hydrogen) atoms. The highest BCUT2D eigenvalue weighted by molar-refractivity contribution is 14.0. The number of aliphatic imine (C=N–C) groups is 1. The summed E-state index contributed by atoms with van der Waals surface area (Å²) < 4.78 is 61.4. The third kappa shape index (κ3) is 7.69. The highest BCUT2D eigenvalue weighted by atomic mass is 127. The number of nitrogens with zero attached hydrogens (tertiary/aromatic N) is 3. The van der Waals surface area contributed by atoms with Gasteiger partial charge in [-0.1, -0.05) is 6.92 Å². The van der Waals surface area contributed by atoms with Gasteiger partial charge in [-0.15, -0.1) is 24.0 Å². The maximum absolute atomic E-state index is 12.6. The molecule has 0 amide bonds. The Hall–Kier alpha value is -0.340. The smallest absolute Gasteiger partial charge is 0.356 e. The zero-order valence-corrected chi connectivity index (χ0v) is 20.2. The van der Waals surface area contributed by atoms with Crippen LogP contribution in [0.15, 0.2) is 4.99 Å². The Morgan fingerprint density at radius 2 is 1.69 bits per heavy atom. The molecule has 12 heteroatoms. The number of rotatable bonds is 6. The second-order valence-corrected chi connectivity index (χ2v) is 9.36. The molecule has 0 aromatic carbocycles. The van der Waals surface area contributed by atoms with Crippen molar-refractivity contribution in [3.8, 4) is 0 Å². The first-order valence-corrected chi connectivity index (χ1v) is 11.4. The molecule has 2 N–H and O–H groups in total. The fourth-order valence-corrected chi connectivity index (χ4v) is 4.75. The molecule has 2 fully saturated rings. The highest BCUT2D eigenvalue weighted by Crippen LogP contribution is 2.29. The SMILES string of the molecule is CCN1CCC(CCNC(=NC)NC2CCN(S(=O)(=O)C(F)(F)F)CC2)CC1.I. The third-order valence-corrected chi connectivity index (χ3v) is 7.28. The van der Waals surface area contributed by atoms with Crippen molar-refractivity contribution in [3.63, 3.8) is 0 Å². The Bertz CT molecular complexity index is 617. The summed E-state index contributed by atoms with van der Waals surface area (Å²) >= 11 is 0. The van der Waals surface area contributed by atoms with Crippen LogP contribution in [0, 0.1) is 5.92 Å². The van der Waals surface area contributed by atoms with Crippen molar-refractivity contribution in [2.75, 3.05) is 46.3 Å². The number of alkyl halides is 3. The molecular formula is C17H33F3IN5O2S. The van der Waals surface area contributed by atoms with E-state index in [4.69, 9.17) is 0 Å². The fraction of sp³-hybridized carbons (Fsp3) is 0.941. The normalized spacial score (nSPS) is 21.6. The number of guanidine groups is 1. The Labute approximate surface area is 188 Å². The quantitative estimate of drug-likeness (QED) is 0.299. The molecule has 2 aliphatic heterocycles. The minimum Gasteiger partial charge on any atom is -0.356 e. The van der Waals surface area contributed by atoms with E-state index < -0.39 is 15.5 Å². The summed E-state index contributed by atoms with van der Waals surface area (Å²) in [7, 11) is -3.58. The molecule has 2 rings (SSSR count). The van der Waals surface area contributed by atoms with Crippen LogP contribution in [0.3, 0.4) is 0 Å². The van der Waals surface area contributed by atoms with Crippen molar-refractivity contribution in [2.45, 2.75) is 50.6 Å². The van der Waals surface area contributed by atoms with Crippen LogP contribution in [0.5, 0.6) is 0 Å². The van der Waals surface area contributed by atoms with Gasteiger partial charge in [0.2, 0.25) is 0 Å². The maximum Gasteiger partial charge on any atom is 0.511 e. The molecule has 172 valence electrons. The monoisotopic (exact) mass is 555 g/mol. The lowest BCUT2D eigenvalue weighted by atomic mass is 9.93. The van der Waals surface area contributed by atoms with Crippen molar-refractivity contribution >= 4 is 40.0 Å². The molecule has 2 aliphatic rings. The van der Waals surface area contributed by atoms with Gasteiger partial charge in [0.25, 0.3) is 0 Å². The Morgan fingerprint density at radius 3 is 2.17 bits per heavy atom. The zero-order valence-electron chi connectivity index (χ0n) is 17.0. The fourth-order valence-electron chi connectivity index (χ4n) is 3.76. The van der Waals surface area contributed by atoms with Crippen molar-refractivity contribution < 1.29 is 21.6 Å². The summed E-state index contributed by atoms with van der Waals surface area (Å²) in [5.74, 6) is 1.31. The first-order chi connectivity index (χ1) is 13.2. The average molecular weight is 555 g/mol. The molecular weight excluding hydrogens is 522 g/mol. The lowest BCUT2D eigenvalue weighted by Gasteiger charge is -2.33. The molecule has 0 unspecified atom stereocenters. The molecule has 0 aromatic rings. The van der Waals surface area contributed by atoms with Crippen LogP contribution in [-0.4, -0.2) is 81.4 Å². The first-order valence-electron chi connectivity index (χ1n) is 9.93. The molecule has 0 spiro atoms. The van der Waals surface area contributed by atoms with Crippen LogP contribution >= 0.6 is 24.0 Å². The van der Waals surface area contributed by atoms with Gasteiger partial charge in [0.1, 0.15) is 0 Å². The summed E-state index contributed by atoms with van der Waals surface area (Å²) in [5.41, 5.74) is -5.24. The van der Waals surface area contributed by atoms with Crippen LogP contribution in [0.1, 0.15) is 39.0 Å². The Kier molecular flexibility index (Phi) is 10.9. The highest BCUT2D eigenvalue weighted by Gasteiger charge is 2.50. The molecule has 0 aliphatic carbocycles. The molecule has 0 radical (unpaired) electrons. The Balaban J connectivity index is 0.00000420. The van der Waals surface area contributed by atoms with Gasteiger partial charge in [-0.25, -0.2) is 8.42 Å². The van der Waals surface area contributed by atoms with Gasteiger partial charge in [-0.3, -0.25) is 4.99 Å². The van der Waals surface area contributed by atoms with E-state index in [9.17, 15) is 21.6 Å². The molecule has 2 heterocycles. The van der Waals surface area contributed by atoms with E-state index >= 15 is 0 Å². The van der Waals surface area contributed by atoms with Gasteiger partial charge in [0.05, 0.1) is 0 Å². The van der Waals surface area contributed by atoms with Gasteiger partial charge in [-0.2, -0.15) is 17.5 Å². The molecule has 2 saturated heterocycles. The van der Waals surface area contributed by atoms with Crippen molar-refractivity contribution in [1.82, 2.24) is 19.8 Å². The largest absolute Gasteiger partial charge is 0.511 e. The number of hydrogen-bond donors (Lipinski definition) is 2. The van der Waals surface area contributed by atoms with E-state index in [2.05, 4.69) is 27.4 Å². The predicted molar refractivity (Wildman–Crippen MR) is 119 cm³/mol. The number of nitrogens with one attached hydrogen (secondary N) is 2. The number of piperidine rings is 2. The summed E-state index contributed by atoms with van der Waals surface area (Å²) in [6.45, 7) is 6.07. The van der Waals surface area contributed by atoms with Crippen LogP contribution in [-0.2, 0) is 10.0 Å². The summed E-state index contributed by atoms with van der Waals surface area (Å²) in [6, 6.07) is -0.0984. The first kappa shape index (κ1) is 26.7. The van der Waals surface area contributed by atoms with E-state index in [-0.39, 0.29) is 43.1 Å². The summed E-state index contributed by atoms with van der Waals surface area (Å²) in [5, 5.41) is 6.47. The second kappa shape index (κ2) is 11.9. The van der Waals surface area contributed by atoms with E-state index in [1.54, 1.807) is 7.05 Å². The van der Waals surface area contributed by atoms with Gasteiger partial charge in [-0.05, 0) is 57.7 Å². The van der Waals surface area contributed by atoms with Crippen molar-refractivity contribution in [1.29, 1.82) is 0 Å². The molecule has 0 bridgehead atoms. The van der Waals surface area contributed by atoms with Gasteiger partial charge in [0.15, 0.2) is 5.96 Å². The Morgan fingerprint density at radius 1 is 1.10 bits per heavy atom. The van der Waals surface area contributed by atoms with Gasteiger partial charge < -0.3 is 15.5 Å². The van der Waals surface area contributed by atoms with E-state index in [1.165, 1.54) is 12.8 Å². The van der Waals surface area contributed by atoms with Crippen LogP contribution in [0.2, 0.25) is 0 Å². The third-order valence-electron chi connectivity index (χ3n) is 5.65. The minimum atomic E-state index is -5.24. The lowest BCUT2D eigenvalue weighted by molar-refractivity contribution is -0.0494. The zero-order chi connectivity index (χ0) is 20.8. The predicted octanol–water partition coefficient (Wildman–Crippen LogP) is 2.21. The summed E-state index contributed by atoms with van der Waals surface area (Å²) in [6.07, 6.45) is 4.08. The lowest BCUT2D eigenvalue weighted by Crippen LogP contribution is -2.51. The average Bonchev–Trinajstić information content (AvgIpc) is 2.67. The van der Waals surface area contributed by atoms with Gasteiger partial charge in [0, 0.05) is 32.7 Å². The van der Waals surface area contributed by atoms with E-state index in [1.807, 2.05) is 0 Å². The minimum absolute atomic E-state index is 0. The van der Waals surface area contributed by atoms with E-state index in [0.29, 0.717) is 29.0 Å². The second-order valence-electron chi connectivity index (χ2n) is 7.43. The van der Waals surface area contributed by atoms with Crippen molar-refractivity contribution in [3.05, 3.63) is 0 Å². The van der Waals surface area contributed by atoms with Gasteiger partial charge >= 0.3 is 15.5 Å². The molecule has 0 saturated carbocycles. The number of hydrogen-bond acceptors (Lipinski definition) is 4. The standard InChI is InChI=1S/C17H32F3N5O2S.HI/c1-3-24-10-5-14(6-11-24)4-9-22-16(21-2)23-15-7-12-25(13-8-15)28(26,27)17(18,19)20;/h14-15H,3-13H2,1-2H3,(H2,21,22,23);1H. The van der Waals surface area contributed by atoms with E-state index in [0.717, 1.165) is 32.6 Å². The maximum atomic E-state index is 12.6. The summed E-state index contributed by atoms with van der Waals surface area (Å²) in [4.78, 5) is 6.63. The number of likely N-dealkylation sites (tertiary alicyclic amines) is 1. The van der Waals surface area contributed by atoms with Crippen LogP contribution in [0.4, 0.5) is 13.2 Å². The molecule has 7 nitrogen and oxygen atoms in total. The number of sulfonamides is 1. The molecule has 0 atom stereocenters. The molecule has 0 aromatic heterocycles. The topological polar surface area (TPSA) is 77.0 Å². The van der Waals surface area contributed by atoms with Crippen LogP contribution < -0.4 is 10.6 Å².